The fourth-order valence-corrected chi connectivity index (χ4v) is 3.33. The zero-order valence-electron chi connectivity index (χ0n) is 11.9. The Morgan fingerprint density at radius 2 is 1.95 bits per heavy atom. The fourth-order valence-electron chi connectivity index (χ4n) is 3.33. The fraction of sp³-hybridized carbons (Fsp3) is 0.375. The maximum atomic E-state index is 11.4. The number of nitro benzene ring substituents is 1. The van der Waals surface area contributed by atoms with Gasteiger partial charge in [0.05, 0.1) is 15.9 Å². The number of aryl methyl sites for hydroxylation is 3. The van der Waals surface area contributed by atoms with Crippen LogP contribution in [0.1, 0.15) is 35.6 Å². The first-order valence-electron chi connectivity index (χ1n) is 6.76. The Hall–Kier alpha value is -1.94. The average molecular weight is 271 g/mol. The van der Waals surface area contributed by atoms with Crippen LogP contribution in [0.2, 0.25) is 0 Å². The lowest BCUT2D eigenvalue weighted by Crippen LogP contribution is -2.26. The minimum absolute atomic E-state index is 0.137. The first kappa shape index (κ1) is 13.1. The SMILES string of the molecule is Cc1cc([N+](=O)[O-])c2c(C)ccc3c2c1CCC3(C)O. The molecule has 104 valence electrons. The molecule has 1 atom stereocenters. The van der Waals surface area contributed by atoms with Gasteiger partial charge in [-0.3, -0.25) is 10.1 Å². The van der Waals surface area contributed by atoms with Gasteiger partial charge >= 0.3 is 0 Å². The third-order valence-electron chi connectivity index (χ3n) is 4.44. The van der Waals surface area contributed by atoms with E-state index >= 15 is 0 Å². The third kappa shape index (κ3) is 1.64. The summed E-state index contributed by atoms with van der Waals surface area (Å²) in [6.45, 7) is 5.58. The summed E-state index contributed by atoms with van der Waals surface area (Å²) < 4.78 is 0. The van der Waals surface area contributed by atoms with Crippen LogP contribution in [-0.4, -0.2) is 10.0 Å². The quantitative estimate of drug-likeness (QED) is 0.637. The zero-order valence-corrected chi connectivity index (χ0v) is 11.9. The van der Waals surface area contributed by atoms with Crippen LogP contribution >= 0.6 is 0 Å². The summed E-state index contributed by atoms with van der Waals surface area (Å²) in [5.74, 6) is 0. The molecule has 2 aromatic carbocycles. The van der Waals surface area contributed by atoms with E-state index in [-0.39, 0.29) is 10.6 Å². The maximum Gasteiger partial charge on any atom is 0.277 e. The Morgan fingerprint density at radius 3 is 2.60 bits per heavy atom. The van der Waals surface area contributed by atoms with Gasteiger partial charge in [0.1, 0.15) is 0 Å². The highest BCUT2D eigenvalue weighted by Gasteiger charge is 2.33. The Balaban J connectivity index is 2.57. The number of hydrogen-bond acceptors (Lipinski definition) is 3. The highest BCUT2D eigenvalue weighted by Crippen LogP contribution is 2.44. The molecule has 1 N–H and O–H groups in total. The number of aliphatic hydroxyl groups is 1. The molecule has 20 heavy (non-hydrogen) atoms. The van der Waals surface area contributed by atoms with Crippen molar-refractivity contribution >= 4 is 16.5 Å². The van der Waals surface area contributed by atoms with E-state index < -0.39 is 5.60 Å². The van der Waals surface area contributed by atoms with Crippen molar-refractivity contribution in [3.63, 3.8) is 0 Å². The first-order chi connectivity index (χ1) is 9.33. The summed E-state index contributed by atoms with van der Waals surface area (Å²) in [7, 11) is 0. The standard InChI is InChI=1S/C16H17NO3/c1-9-4-5-12-15-11(6-7-16(12,3)18)10(2)8-13(14(9)15)17(19)20/h4-5,8,18H,6-7H2,1-3H3. The van der Waals surface area contributed by atoms with Gasteiger partial charge in [-0.25, -0.2) is 0 Å². The van der Waals surface area contributed by atoms with E-state index in [0.717, 1.165) is 34.1 Å². The summed E-state index contributed by atoms with van der Waals surface area (Å²) in [4.78, 5) is 11.0. The molecule has 0 radical (unpaired) electrons. The van der Waals surface area contributed by atoms with Crippen molar-refractivity contribution in [1.29, 1.82) is 0 Å². The molecule has 3 rings (SSSR count). The zero-order chi connectivity index (χ0) is 14.7. The summed E-state index contributed by atoms with van der Waals surface area (Å²) in [5.41, 5.74) is 2.99. The van der Waals surface area contributed by atoms with E-state index in [1.54, 1.807) is 13.0 Å². The topological polar surface area (TPSA) is 63.4 Å². The molecule has 4 nitrogen and oxygen atoms in total. The molecule has 0 saturated carbocycles. The Kier molecular flexibility index (Phi) is 2.63. The second-order valence-electron chi connectivity index (χ2n) is 5.90. The molecule has 0 spiro atoms. The normalized spacial score (nSPS) is 21.2. The molecular weight excluding hydrogens is 254 g/mol. The van der Waals surface area contributed by atoms with Crippen LogP contribution < -0.4 is 0 Å². The van der Waals surface area contributed by atoms with Crippen molar-refractivity contribution in [1.82, 2.24) is 0 Å². The molecule has 0 saturated heterocycles. The minimum atomic E-state index is -0.916. The molecule has 2 aromatic rings. The molecule has 1 aliphatic rings. The van der Waals surface area contributed by atoms with Crippen molar-refractivity contribution < 1.29 is 10.0 Å². The monoisotopic (exact) mass is 271 g/mol. The molecular formula is C16H17NO3. The van der Waals surface area contributed by atoms with Crippen LogP contribution in [0.4, 0.5) is 5.69 Å². The summed E-state index contributed by atoms with van der Waals surface area (Å²) >= 11 is 0. The highest BCUT2D eigenvalue weighted by molar-refractivity contribution is 6.00. The van der Waals surface area contributed by atoms with Gasteiger partial charge in [-0.1, -0.05) is 12.1 Å². The molecule has 0 fully saturated rings. The van der Waals surface area contributed by atoms with Crippen molar-refractivity contribution in [3.8, 4) is 0 Å². The lowest BCUT2D eigenvalue weighted by atomic mass is 9.76. The van der Waals surface area contributed by atoms with Gasteiger partial charge in [0.2, 0.25) is 0 Å². The maximum absolute atomic E-state index is 11.4. The van der Waals surface area contributed by atoms with Crippen LogP contribution in [0.15, 0.2) is 18.2 Å². The van der Waals surface area contributed by atoms with Gasteiger partial charge < -0.3 is 5.11 Å². The van der Waals surface area contributed by atoms with Gasteiger partial charge in [-0.2, -0.15) is 0 Å². The van der Waals surface area contributed by atoms with E-state index in [1.165, 1.54) is 0 Å². The molecule has 0 aliphatic heterocycles. The Labute approximate surface area is 117 Å². The average Bonchev–Trinajstić information content (AvgIpc) is 2.36. The van der Waals surface area contributed by atoms with Gasteiger partial charge in [0.25, 0.3) is 5.69 Å². The van der Waals surface area contributed by atoms with Gasteiger partial charge in [-0.05, 0) is 61.3 Å². The molecule has 0 amide bonds. The molecule has 1 aliphatic carbocycles. The number of rotatable bonds is 1. The summed E-state index contributed by atoms with van der Waals surface area (Å²) in [5, 5.41) is 23.5. The lowest BCUT2D eigenvalue weighted by molar-refractivity contribution is -0.383. The Bertz CT molecular complexity index is 747. The van der Waals surface area contributed by atoms with Crippen molar-refractivity contribution in [2.75, 3.05) is 0 Å². The smallest absolute Gasteiger partial charge is 0.277 e. The predicted molar refractivity (Wildman–Crippen MR) is 78.0 cm³/mol. The van der Waals surface area contributed by atoms with Gasteiger partial charge in [0, 0.05) is 6.07 Å². The second kappa shape index (κ2) is 4.03. The van der Waals surface area contributed by atoms with E-state index in [1.807, 2.05) is 26.0 Å². The highest BCUT2D eigenvalue weighted by atomic mass is 16.6. The molecule has 1 unspecified atom stereocenters. The second-order valence-corrected chi connectivity index (χ2v) is 5.90. The first-order valence-corrected chi connectivity index (χ1v) is 6.76. The van der Waals surface area contributed by atoms with E-state index in [9.17, 15) is 15.2 Å². The predicted octanol–water partition coefficient (Wildman–Crippen LogP) is 3.52. The van der Waals surface area contributed by atoms with Gasteiger partial charge in [-0.15, -0.1) is 0 Å². The van der Waals surface area contributed by atoms with Crippen LogP contribution in [0, 0.1) is 24.0 Å². The number of hydrogen-bond donors (Lipinski definition) is 1. The number of benzene rings is 2. The van der Waals surface area contributed by atoms with E-state index in [0.29, 0.717) is 11.8 Å². The van der Waals surface area contributed by atoms with Crippen molar-refractivity contribution in [2.45, 2.75) is 39.2 Å². The van der Waals surface area contributed by atoms with E-state index in [2.05, 4.69) is 0 Å². The molecule has 0 aromatic heterocycles. The minimum Gasteiger partial charge on any atom is -0.385 e. The van der Waals surface area contributed by atoms with Crippen LogP contribution in [0.3, 0.4) is 0 Å². The largest absolute Gasteiger partial charge is 0.385 e. The van der Waals surface area contributed by atoms with Crippen molar-refractivity contribution in [2.24, 2.45) is 0 Å². The third-order valence-corrected chi connectivity index (χ3v) is 4.44. The number of non-ortho nitro benzene ring substituents is 1. The van der Waals surface area contributed by atoms with E-state index in [4.69, 9.17) is 0 Å². The Morgan fingerprint density at radius 1 is 1.25 bits per heavy atom. The summed E-state index contributed by atoms with van der Waals surface area (Å²) in [6, 6.07) is 5.43. The molecule has 4 heteroatoms. The lowest BCUT2D eigenvalue weighted by Gasteiger charge is -2.32. The van der Waals surface area contributed by atoms with Crippen LogP contribution in [0.25, 0.3) is 10.8 Å². The molecule has 0 heterocycles. The van der Waals surface area contributed by atoms with Crippen LogP contribution in [-0.2, 0) is 12.0 Å². The molecule has 0 bridgehead atoms. The van der Waals surface area contributed by atoms with Crippen molar-refractivity contribution in [3.05, 3.63) is 50.6 Å². The number of nitrogens with zero attached hydrogens (tertiary/aromatic N) is 1. The summed E-state index contributed by atoms with van der Waals surface area (Å²) in [6.07, 6.45) is 1.40. The number of nitro groups is 1. The van der Waals surface area contributed by atoms with Crippen LogP contribution in [0.5, 0.6) is 0 Å². The van der Waals surface area contributed by atoms with Gasteiger partial charge in [0.15, 0.2) is 0 Å².